The first-order chi connectivity index (χ1) is 19.6. The number of anilines is 3. The van der Waals surface area contributed by atoms with Crippen molar-refractivity contribution >= 4 is 45.6 Å². The van der Waals surface area contributed by atoms with E-state index in [1.54, 1.807) is 29.3 Å². The second kappa shape index (κ2) is 12.8. The number of nitrogens with one attached hydrogen (secondary N) is 1. The molecule has 206 valence electrons. The molecule has 2 aromatic carbocycles. The third-order valence-corrected chi connectivity index (χ3v) is 6.96. The summed E-state index contributed by atoms with van der Waals surface area (Å²) in [7, 11) is 0. The van der Waals surface area contributed by atoms with Crippen molar-refractivity contribution in [3.05, 3.63) is 83.9 Å². The summed E-state index contributed by atoms with van der Waals surface area (Å²) in [6.07, 6.45) is 6.76. The van der Waals surface area contributed by atoms with Gasteiger partial charge in [0.15, 0.2) is 5.75 Å². The number of carbonyl (C=O) groups excluding carboxylic acids is 1. The van der Waals surface area contributed by atoms with Gasteiger partial charge in [-0.2, -0.15) is 0 Å². The van der Waals surface area contributed by atoms with E-state index in [4.69, 9.17) is 21.1 Å². The molecule has 0 spiro atoms. The molecule has 0 unspecified atom stereocenters. The largest absolute Gasteiger partial charge is 0.489 e. The van der Waals surface area contributed by atoms with E-state index in [1.807, 2.05) is 42.5 Å². The van der Waals surface area contributed by atoms with Crippen LogP contribution in [0.1, 0.15) is 19.5 Å². The summed E-state index contributed by atoms with van der Waals surface area (Å²) in [6.45, 7) is 7.94. The lowest BCUT2D eigenvalue weighted by Crippen LogP contribution is -2.37. The summed E-state index contributed by atoms with van der Waals surface area (Å²) in [6, 6.07) is 14.8. The van der Waals surface area contributed by atoms with Gasteiger partial charge in [0.05, 0.1) is 33.9 Å². The summed E-state index contributed by atoms with van der Waals surface area (Å²) in [5.74, 6) is 1.58. The highest BCUT2D eigenvalue weighted by Crippen LogP contribution is 2.41. The molecule has 0 bridgehead atoms. The number of benzene rings is 2. The maximum atomic E-state index is 13.1. The number of aromatic nitrogens is 3. The van der Waals surface area contributed by atoms with E-state index < -0.39 is 0 Å². The molecule has 9 nitrogen and oxygen atoms in total. The molecule has 0 saturated heterocycles. The van der Waals surface area contributed by atoms with Gasteiger partial charge in [0.1, 0.15) is 31.1 Å². The van der Waals surface area contributed by atoms with Gasteiger partial charge in [0, 0.05) is 24.5 Å². The molecule has 1 aliphatic heterocycles. The van der Waals surface area contributed by atoms with E-state index in [-0.39, 0.29) is 5.91 Å². The fraction of sp³-hybridized carbons (Fsp3) is 0.267. The monoisotopic (exact) mass is 558 g/mol. The summed E-state index contributed by atoms with van der Waals surface area (Å²) in [5.41, 5.74) is 2.91. The summed E-state index contributed by atoms with van der Waals surface area (Å²) >= 11 is 6.53. The number of fused-ring (bicyclic) bond motifs is 3. The van der Waals surface area contributed by atoms with E-state index in [1.165, 1.54) is 6.33 Å². The second-order valence-electron chi connectivity index (χ2n) is 9.14. The van der Waals surface area contributed by atoms with Crippen LogP contribution in [0.4, 0.5) is 17.2 Å². The van der Waals surface area contributed by atoms with Crippen molar-refractivity contribution in [1.82, 2.24) is 19.9 Å². The van der Waals surface area contributed by atoms with Crippen LogP contribution in [-0.2, 0) is 11.4 Å². The van der Waals surface area contributed by atoms with Crippen LogP contribution in [-0.4, -0.2) is 58.5 Å². The number of hydrogen-bond donors (Lipinski definition) is 1. The molecule has 4 aromatic rings. The Hall–Kier alpha value is -4.21. The smallest absolute Gasteiger partial charge is 0.250 e. The minimum atomic E-state index is -0.0875. The number of hydrogen-bond acceptors (Lipinski definition) is 8. The van der Waals surface area contributed by atoms with Crippen molar-refractivity contribution in [2.24, 2.45) is 0 Å². The van der Waals surface area contributed by atoms with Gasteiger partial charge in [-0.3, -0.25) is 9.78 Å². The van der Waals surface area contributed by atoms with Gasteiger partial charge in [-0.25, -0.2) is 9.97 Å². The van der Waals surface area contributed by atoms with Crippen molar-refractivity contribution in [1.29, 1.82) is 0 Å². The van der Waals surface area contributed by atoms with E-state index >= 15 is 0 Å². The Morgan fingerprint density at radius 3 is 2.80 bits per heavy atom. The number of nitrogens with zero attached hydrogens (tertiary/aromatic N) is 5. The number of carbonyl (C=O) groups is 1. The Labute approximate surface area is 238 Å². The average molecular weight is 559 g/mol. The molecule has 1 N–H and O–H groups in total. The lowest BCUT2D eigenvalue weighted by Gasteiger charge is -2.30. The van der Waals surface area contributed by atoms with Crippen LogP contribution in [0.25, 0.3) is 10.9 Å². The minimum absolute atomic E-state index is 0.0875. The standard InChI is InChI=1S/C30H31ClN6O3/c1-3-36(4-2)15-7-9-27(38)37-16-17-39-29-25(37)12-11-24-28(29)30(34-20-33-24)35-21-10-13-26(23(31)18-21)40-19-22-8-5-6-14-32-22/h5-14,18,20H,3-4,15-17,19H2,1-2H3,(H,33,34,35)/b9-7+. The summed E-state index contributed by atoms with van der Waals surface area (Å²) in [4.78, 5) is 30.3. The van der Waals surface area contributed by atoms with Gasteiger partial charge < -0.3 is 24.6 Å². The van der Waals surface area contributed by atoms with Gasteiger partial charge in [-0.15, -0.1) is 0 Å². The van der Waals surface area contributed by atoms with Crippen LogP contribution in [0.3, 0.4) is 0 Å². The zero-order chi connectivity index (χ0) is 27.9. The molecule has 0 atom stereocenters. The zero-order valence-corrected chi connectivity index (χ0v) is 23.3. The lowest BCUT2D eigenvalue weighted by molar-refractivity contribution is -0.114. The Balaban J connectivity index is 1.38. The molecule has 3 heterocycles. The number of pyridine rings is 1. The second-order valence-corrected chi connectivity index (χ2v) is 9.54. The van der Waals surface area contributed by atoms with Gasteiger partial charge >= 0.3 is 0 Å². The van der Waals surface area contributed by atoms with Crippen molar-refractivity contribution < 1.29 is 14.3 Å². The van der Waals surface area contributed by atoms with Crippen LogP contribution in [0.2, 0.25) is 5.02 Å². The fourth-order valence-corrected chi connectivity index (χ4v) is 4.73. The highest BCUT2D eigenvalue weighted by molar-refractivity contribution is 6.32. The van der Waals surface area contributed by atoms with E-state index in [9.17, 15) is 4.79 Å². The Morgan fingerprint density at radius 2 is 2.02 bits per heavy atom. The molecule has 40 heavy (non-hydrogen) atoms. The zero-order valence-electron chi connectivity index (χ0n) is 22.5. The Bertz CT molecular complexity index is 1510. The van der Waals surface area contributed by atoms with Crippen LogP contribution >= 0.6 is 11.6 Å². The van der Waals surface area contributed by atoms with Gasteiger partial charge in [0.2, 0.25) is 0 Å². The first-order valence-electron chi connectivity index (χ1n) is 13.3. The van der Waals surface area contributed by atoms with Gasteiger partial charge in [-0.05, 0) is 55.6 Å². The molecule has 0 saturated carbocycles. The number of rotatable bonds is 10. The number of halogens is 1. The SMILES string of the molecule is CCN(CC)C/C=C/C(=O)N1CCOc2c1ccc1ncnc(Nc3ccc(OCc4ccccn4)c(Cl)c3)c21. The van der Waals surface area contributed by atoms with Crippen molar-refractivity contribution in [2.75, 3.05) is 43.0 Å². The third kappa shape index (κ3) is 6.16. The fourth-order valence-electron chi connectivity index (χ4n) is 4.49. The average Bonchev–Trinajstić information content (AvgIpc) is 2.99. The maximum Gasteiger partial charge on any atom is 0.250 e. The molecule has 0 aliphatic carbocycles. The van der Waals surface area contributed by atoms with Crippen LogP contribution in [0.15, 0.2) is 73.2 Å². The molecule has 0 radical (unpaired) electrons. The molecule has 10 heteroatoms. The maximum absolute atomic E-state index is 13.1. The summed E-state index contributed by atoms with van der Waals surface area (Å²) in [5, 5.41) is 4.48. The molecular formula is C30H31ClN6O3. The number of likely N-dealkylation sites (N-methyl/N-ethyl adjacent to an activating group) is 1. The van der Waals surface area contributed by atoms with Gasteiger partial charge in [0.25, 0.3) is 5.91 Å². The molecular weight excluding hydrogens is 528 g/mol. The van der Waals surface area contributed by atoms with E-state index in [0.717, 1.165) is 31.0 Å². The predicted molar refractivity (Wildman–Crippen MR) is 158 cm³/mol. The van der Waals surface area contributed by atoms with Crippen molar-refractivity contribution in [3.8, 4) is 11.5 Å². The molecule has 5 rings (SSSR count). The molecule has 1 amide bonds. The molecule has 1 aliphatic rings. The number of amides is 1. The van der Waals surface area contributed by atoms with E-state index in [0.29, 0.717) is 58.7 Å². The van der Waals surface area contributed by atoms with Crippen molar-refractivity contribution in [3.63, 3.8) is 0 Å². The van der Waals surface area contributed by atoms with Crippen LogP contribution in [0.5, 0.6) is 11.5 Å². The molecule has 2 aromatic heterocycles. The predicted octanol–water partition coefficient (Wildman–Crippen LogP) is 5.62. The van der Waals surface area contributed by atoms with E-state index in [2.05, 4.69) is 39.0 Å². The van der Waals surface area contributed by atoms with Crippen LogP contribution in [0, 0.1) is 0 Å². The topological polar surface area (TPSA) is 92.7 Å². The van der Waals surface area contributed by atoms with Crippen LogP contribution < -0.4 is 19.7 Å². The Kier molecular flexibility index (Phi) is 8.73. The normalized spacial score (nSPS) is 12.9. The highest BCUT2D eigenvalue weighted by Gasteiger charge is 2.26. The highest BCUT2D eigenvalue weighted by atomic mass is 35.5. The summed E-state index contributed by atoms with van der Waals surface area (Å²) < 4.78 is 11.9. The van der Waals surface area contributed by atoms with Crippen molar-refractivity contribution in [2.45, 2.75) is 20.5 Å². The quantitative estimate of drug-likeness (QED) is 0.251. The first kappa shape index (κ1) is 27.4. The Morgan fingerprint density at radius 1 is 1.15 bits per heavy atom. The lowest BCUT2D eigenvalue weighted by atomic mass is 10.1. The number of ether oxygens (including phenoxy) is 2. The minimum Gasteiger partial charge on any atom is -0.489 e. The van der Waals surface area contributed by atoms with Gasteiger partial charge in [-0.1, -0.05) is 37.6 Å². The molecule has 0 fully saturated rings. The third-order valence-electron chi connectivity index (χ3n) is 6.67. The first-order valence-corrected chi connectivity index (χ1v) is 13.6.